The second kappa shape index (κ2) is 8.99. The van der Waals surface area contributed by atoms with Crippen molar-refractivity contribution in [3.8, 4) is 11.5 Å². The summed E-state index contributed by atoms with van der Waals surface area (Å²) in [5, 5.41) is 6.52. The maximum absolute atomic E-state index is 5.90. The molecule has 2 N–H and O–H groups in total. The summed E-state index contributed by atoms with van der Waals surface area (Å²) in [7, 11) is 0. The summed E-state index contributed by atoms with van der Waals surface area (Å²) in [6, 6.07) is 4.14. The lowest BCUT2D eigenvalue weighted by Gasteiger charge is -2.13. The number of aliphatic imine (C=N–C) groups is 1. The van der Waals surface area contributed by atoms with Crippen LogP contribution < -0.4 is 20.1 Å². The van der Waals surface area contributed by atoms with Crippen LogP contribution in [0.3, 0.4) is 0 Å². The Hall–Kier alpha value is -2.70. The van der Waals surface area contributed by atoms with Crippen LogP contribution in [0.15, 0.2) is 21.5 Å². The Balaban J connectivity index is 1.73. The van der Waals surface area contributed by atoms with Crippen LogP contribution in [-0.4, -0.2) is 30.2 Å². The highest BCUT2D eigenvalue weighted by Gasteiger charge is 2.21. The number of rotatable bonds is 7. The van der Waals surface area contributed by atoms with E-state index in [1.807, 2.05) is 27.7 Å². The van der Waals surface area contributed by atoms with Gasteiger partial charge in [-0.3, -0.25) is 0 Å². The summed E-state index contributed by atoms with van der Waals surface area (Å²) in [4.78, 5) is 9.10. The molecule has 7 heteroatoms. The Morgan fingerprint density at radius 1 is 1.29 bits per heavy atom. The van der Waals surface area contributed by atoms with Gasteiger partial charge >= 0.3 is 0 Å². The number of guanidine groups is 1. The Morgan fingerprint density at radius 2 is 2.11 bits per heavy atom. The van der Waals surface area contributed by atoms with Crippen LogP contribution >= 0.6 is 0 Å². The lowest BCUT2D eigenvalue weighted by molar-refractivity contribution is 0.254. The highest BCUT2D eigenvalue weighted by atomic mass is 16.5. The summed E-state index contributed by atoms with van der Waals surface area (Å²) in [5.74, 6) is 4.00. The van der Waals surface area contributed by atoms with E-state index in [2.05, 4.69) is 34.7 Å². The van der Waals surface area contributed by atoms with Gasteiger partial charge in [0.15, 0.2) is 5.96 Å². The van der Waals surface area contributed by atoms with Gasteiger partial charge in [0.1, 0.15) is 23.4 Å². The Kier molecular flexibility index (Phi) is 6.44. The van der Waals surface area contributed by atoms with Crippen LogP contribution in [0.4, 0.5) is 0 Å². The predicted octanol–water partition coefficient (Wildman–Crippen LogP) is 3.27. The average molecular weight is 386 g/mol. The first kappa shape index (κ1) is 20.0. The van der Waals surface area contributed by atoms with Crippen molar-refractivity contribution < 1.29 is 13.9 Å². The zero-order valence-electron chi connectivity index (χ0n) is 17.4. The fraction of sp³-hybridized carbons (Fsp3) is 0.524. The van der Waals surface area contributed by atoms with Crippen LogP contribution in [0.2, 0.25) is 0 Å². The summed E-state index contributed by atoms with van der Waals surface area (Å²) in [6.45, 7) is 12.3. The van der Waals surface area contributed by atoms with E-state index in [0.29, 0.717) is 31.5 Å². The second-order valence-corrected chi connectivity index (χ2v) is 6.93. The van der Waals surface area contributed by atoms with Crippen molar-refractivity contribution in [2.75, 3.05) is 13.2 Å². The zero-order valence-corrected chi connectivity index (χ0v) is 17.4. The van der Waals surface area contributed by atoms with Gasteiger partial charge in [-0.15, -0.1) is 0 Å². The molecule has 1 atom stereocenters. The molecule has 7 nitrogen and oxygen atoms in total. The normalized spacial score (nSPS) is 15.9. The standard InChI is InChI=1S/C21H30N4O3/c1-6-22-21(24-12-20-25-14(4)15(5)28-20)23-11-17-10-19-16(8-13(3)27-19)9-18(17)26-7-2/h9-10,13H,6-8,11-12H2,1-5H3,(H2,22,23,24). The van der Waals surface area contributed by atoms with E-state index in [1.165, 1.54) is 5.56 Å². The summed E-state index contributed by atoms with van der Waals surface area (Å²) >= 11 is 0. The molecule has 0 fully saturated rings. The average Bonchev–Trinajstić information content (AvgIpc) is 3.17. The summed E-state index contributed by atoms with van der Waals surface area (Å²) in [6.07, 6.45) is 1.12. The topological polar surface area (TPSA) is 80.9 Å². The summed E-state index contributed by atoms with van der Waals surface area (Å²) in [5.41, 5.74) is 3.12. The first-order valence-electron chi connectivity index (χ1n) is 9.90. The second-order valence-electron chi connectivity index (χ2n) is 6.93. The van der Waals surface area contributed by atoms with Gasteiger partial charge in [0.05, 0.1) is 25.4 Å². The van der Waals surface area contributed by atoms with Crippen LogP contribution in [0.1, 0.15) is 49.2 Å². The first-order valence-corrected chi connectivity index (χ1v) is 9.90. The molecule has 0 aliphatic carbocycles. The van der Waals surface area contributed by atoms with Crippen LogP contribution in [0.25, 0.3) is 0 Å². The van der Waals surface area contributed by atoms with Crippen molar-refractivity contribution in [1.82, 2.24) is 15.6 Å². The lowest BCUT2D eigenvalue weighted by atomic mass is 10.1. The van der Waals surface area contributed by atoms with E-state index < -0.39 is 0 Å². The number of nitrogens with one attached hydrogen (secondary N) is 2. The Labute approximate surface area is 166 Å². The molecule has 1 aliphatic rings. The van der Waals surface area contributed by atoms with Crippen LogP contribution in [0, 0.1) is 13.8 Å². The smallest absolute Gasteiger partial charge is 0.214 e. The van der Waals surface area contributed by atoms with Gasteiger partial charge in [-0.05, 0) is 46.8 Å². The highest BCUT2D eigenvalue weighted by molar-refractivity contribution is 5.79. The van der Waals surface area contributed by atoms with Gasteiger partial charge in [0.2, 0.25) is 5.89 Å². The first-order chi connectivity index (χ1) is 13.5. The fourth-order valence-electron chi connectivity index (χ4n) is 3.17. The molecule has 0 saturated heterocycles. The number of hydrogen-bond donors (Lipinski definition) is 2. The lowest BCUT2D eigenvalue weighted by Crippen LogP contribution is -2.36. The fourth-order valence-corrected chi connectivity index (χ4v) is 3.17. The number of oxazole rings is 1. The van der Waals surface area contributed by atoms with E-state index >= 15 is 0 Å². The molecule has 0 bridgehead atoms. The molecular weight excluding hydrogens is 356 g/mol. The third-order valence-electron chi connectivity index (χ3n) is 4.61. The minimum absolute atomic E-state index is 0.204. The highest BCUT2D eigenvalue weighted by Crippen LogP contribution is 2.35. The zero-order chi connectivity index (χ0) is 20.1. The number of ether oxygens (including phenoxy) is 2. The number of aromatic nitrogens is 1. The van der Waals surface area contributed by atoms with Crippen molar-refractivity contribution in [2.45, 2.75) is 60.2 Å². The van der Waals surface area contributed by atoms with Gasteiger partial charge in [-0.2, -0.15) is 0 Å². The number of nitrogens with zero attached hydrogens (tertiary/aromatic N) is 2. The Morgan fingerprint density at radius 3 is 2.79 bits per heavy atom. The molecule has 1 aromatic heterocycles. The maximum Gasteiger partial charge on any atom is 0.214 e. The van der Waals surface area contributed by atoms with Crippen molar-refractivity contribution in [1.29, 1.82) is 0 Å². The van der Waals surface area contributed by atoms with E-state index in [4.69, 9.17) is 18.9 Å². The molecule has 1 unspecified atom stereocenters. The number of fused-ring (bicyclic) bond motifs is 1. The molecule has 3 rings (SSSR count). The van der Waals surface area contributed by atoms with Crippen molar-refractivity contribution >= 4 is 5.96 Å². The minimum atomic E-state index is 0.204. The molecule has 0 saturated carbocycles. The quantitative estimate of drug-likeness (QED) is 0.561. The van der Waals surface area contributed by atoms with Gasteiger partial charge < -0.3 is 24.5 Å². The van der Waals surface area contributed by atoms with E-state index in [1.54, 1.807) is 0 Å². The molecule has 0 radical (unpaired) electrons. The molecule has 2 heterocycles. The largest absolute Gasteiger partial charge is 0.494 e. The number of aryl methyl sites for hydroxylation is 2. The van der Waals surface area contributed by atoms with Crippen molar-refractivity contribution in [2.24, 2.45) is 4.99 Å². The van der Waals surface area contributed by atoms with Gasteiger partial charge in [-0.25, -0.2) is 9.98 Å². The van der Waals surface area contributed by atoms with Crippen molar-refractivity contribution in [3.63, 3.8) is 0 Å². The number of hydrogen-bond acceptors (Lipinski definition) is 5. The monoisotopic (exact) mass is 386 g/mol. The Bertz CT molecular complexity index is 825. The van der Waals surface area contributed by atoms with Gasteiger partial charge in [0.25, 0.3) is 0 Å². The summed E-state index contributed by atoms with van der Waals surface area (Å²) < 4.78 is 17.4. The third kappa shape index (κ3) is 4.77. The third-order valence-corrected chi connectivity index (χ3v) is 4.61. The van der Waals surface area contributed by atoms with Crippen molar-refractivity contribution in [3.05, 3.63) is 40.6 Å². The van der Waals surface area contributed by atoms with E-state index in [-0.39, 0.29) is 6.10 Å². The molecule has 152 valence electrons. The maximum atomic E-state index is 5.90. The van der Waals surface area contributed by atoms with Crippen LogP contribution in [0.5, 0.6) is 11.5 Å². The van der Waals surface area contributed by atoms with E-state index in [0.717, 1.165) is 41.5 Å². The molecular formula is C21H30N4O3. The van der Waals surface area contributed by atoms with Gasteiger partial charge in [0, 0.05) is 24.1 Å². The molecule has 28 heavy (non-hydrogen) atoms. The van der Waals surface area contributed by atoms with E-state index in [9.17, 15) is 0 Å². The number of benzene rings is 1. The minimum Gasteiger partial charge on any atom is -0.494 e. The predicted molar refractivity (Wildman–Crippen MR) is 109 cm³/mol. The molecule has 1 aromatic carbocycles. The molecule has 0 spiro atoms. The van der Waals surface area contributed by atoms with Crippen LogP contribution in [-0.2, 0) is 19.5 Å². The van der Waals surface area contributed by atoms with Gasteiger partial charge in [-0.1, -0.05) is 0 Å². The SMILES string of the molecule is CCNC(=NCc1cc2c(cc1OCC)CC(C)O2)NCc1nc(C)c(C)o1. The molecule has 0 amide bonds. The molecule has 2 aromatic rings. The molecule has 1 aliphatic heterocycles.